The standard InChI is InChI=1S/C16H19NO4/c1-3-12(2)21-15(20)10-16(11-17,9-14(18)19)13-7-5-4-6-8-13/h4-8,12H,3,9-10H2,1-2H3,(H,18,19). The van der Waals surface area contributed by atoms with Crippen molar-refractivity contribution in [2.45, 2.75) is 44.6 Å². The van der Waals surface area contributed by atoms with Crippen molar-refractivity contribution in [2.75, 3.05) is 0 Å². The highest BCUT2D eigenvalue weighted by molar-refractivity contribution is 5.76. The van der Waals surface area contributed by atoms with Gasteiger partial charge in [-0.1, -0.05) is 37.3 Å². The Morgan fingerprint density at radius 2 is 1.95 bits per heavy atom. The minimum atomic E-state index is -1.41. The zero-order valence-corrected chi connectivity index (χ0v) is 12.2. The molecule has 0 fully saturated rings. The predicted molar refractivity (Wildman–Crippen MR) is 76.4 cm³/mol. The fourth-order valence-corrected chi connectivity index (χ4v) is 2.02. The first-order valence-electron chi connectivity index (χ1n) is 6.81. The highest BCUT2D eigenvalue weighted by atomic mass is 16.5. The van der Waals surface area contributed by atoms with E-state index < -0.39 is 23.8 Å². The molecule has 0 spiro atoms. The molecule has 0 aromatic heterocycles. The van der Waals surface area contributed by atoms with Gasteiger partial charge in [0.05, 0.1) is 25.0 Å². The van der Waals surface area contributed by atoms with Gasteiger partial charge in [-0.25, -0.2) is 0 Å². The summed E-state index contributed by atoms with van der Waals surface area (Å²) in [4.78, 5) is 23.1. The lowest BCUT2D eigenvalue weighted by molar-refractivity contribution is -0.149. The van der Waals surface area contributed by atoms with Crippen LogP contribution < -0.4 is 0 Å². The minimum absolute atomic E-state index is 0.255. The fourth-order valence-electron chi connectivity index (χ4n) is 2.02. The molecular formula is C16H19NO4. The van der Waals surface area contributed by atoms with E-state index in [2.05, 4.69) is 0 Å². The van der Waals surface area contributed by atoms with E-state index in [0.29, 0.717) is 12.0 Å². The van der Waals surface area contributed by atoms with Crippen molar-refractivity contribution in [1.82, 2.24) is 0 Å². The quantitative estimate of drug-likeness (QED) is 0.780. The van der Waals surface area contributed by atoms with Crippen molar-refractivity contribution < 1.29 is 19.4 Å². The molecule has 5 heteroatoms. The summed E-state index contributed by atoms with van der Waals surface area (Å²) < 4.78 is 5.18. The van der Waals surface area contributed by atoms with Gasteiger partial charge >= 0.3 is 11.9 Å². The molecule has 0 aliphatic heterocycles. The van der Waals surface area contributed by atoms with Gasteiger partial charge in [-0.2, -0.15) is 5.26 Å². The van der Waals surface area contributed by atoms with E-state index in [9.17, 15) is 14.9 Å². The van der Waals surface area contributed by atoms with Crippen molar-refractivity contribution in [3.8, 4) is 6.07 Å². The summed E-state index contributed by atoms with van der Waals surface area (Å²) in [6, 6.07) is 10.5. The van der Waals surface area contributed by atoms with E-state index in [1.54, 1.807) is 37.3 Å². The van der Waals surface area contributed by atoms with Crippen LogP contribution in [0.2, 0.25) is 0 Å². The maximum atomic E-state index is 12.0. The Labute approximate surface area is 124 Å². The van der Waals surface area contributed by atoms with E-state index in [1.165, 1.54) is 0 Å². The first-order chi connectivity index (χ1) is 9.93. The number of nitriles is 1. The van der Waals surface area contributed by atoms with Crippen LogP contribution in [-0.4, -0.2) is 23.1 Å². The van der Waals surface area contributed by atoms with Crippen LogP contribution in [0.4, 0.5) is 0 Å². The van der Waals surface area contributed by atoms with Crippen molar-refractivity contribution in [2.24, 2.45) is 0 Å². The maximum Gasteiger partial charge on any atom is 0.308 e. The Hall–Kier alpha value is -2.35. The van der Waals surface area contributed by atoms with Crippen LogP contribution in [0.1, 0.15) is 38.7 Å². The molecule has 0 amide bonds. The Balaban J connectivity index is 3.06. The number of hydrogen-bond donors (Lipinski definition) is 1. The maximum absolute atomic E-state index is 12.0. The van der Waals surface area contributed by atoms with Crippen LogP contribution >= 0.6 is 0 Å². The summed E-state index contributed by atoms with van der Waals surface area (Å²) >= 11 is 0. The number of aliphatic carboxylic acids is 1. The molecule has 2 unspecified atom stereocenters. The number of ether oxygens (including phenoxy) is 1. The number of hydrogen-bond acceptors (Lipinski definition) is 4. The van der Waals surface area contributed by atoms with Crippen LogP contribution in [0.5, 0.6) is 0 Å². The molecule has 0 saturated carbocycles. The van der Waals surface area contributed by atoms with Gasteiger partial charge in [0.25, 0.3) is 0 Å². The monoisotopic (exact) mass is 289 g/mol. The third kappa shape index (κ3) is 4.60. The third-order valence-corrected chi connectivity index (χ3v) is 3.35. The van der Waals surface area contributed by atoms with Gasteiger partial charge in [-0.3, -0.25) is 9.59 Å². The molecule has 5 nitrogen and oxygen atoms in total. The lowest BCUT2D eigenvalue weighted by Gasteiger charge is -2.25. The Morgan fingerprint density at radius 1 is 1.33 bits per heavy atom. The summed E-state index contributed by atoms with van der Waals surface area (Å²) in [5, 5.41) is 18.6. The molecule has 2 atom stereocenters. The van der Waals surface area contributed by atoms with Crippen LogP contribution in [0.3, 0.4) is 0 Å². The number of carbonyl (C=O) groups excluding carboxylic acids is 1. The number of rotatable bonds is 7. The Kier molecular flexibility index (Phi) is 5.92. The number of carboxylic acid groups (broad SMARTS) is 1. The number of carbonyl (C=O) groups is 2. The van der Waals surface area contributed by atoms with Gasteiger partial charge < -0.3 is 9.84 Å². The first-order valence-corrected chi connectivity index (χ1v) is 6.81. The number of benzene rings is 1. The molecule has 0 bridgehead atoms. The van der Waals surface area contributed by atoms with Crippen molar-refractivity contribution in [3.05, 3.63) is 35.9 Å². The molecule has 0 heterocycles. The Morgan fingerprint density at radius 3 is 2.43 bits per heavy atom. The highest BCUT2D eigenvalue weighted by Gasteiger charge is 2.38. The number of nitrogens with zero attached hydrogens (tertiary/aromatic N) is 1. The molecule has 112 valence electrons. The molecule has 1 aromatic carbocycles. The second-order valence-corrected chi connectivity index (χ2v) is 5.02. The van der Waals surface area contributed by atoms with Crippen LogP contribution in [0, 0.1) is 11.3 Å². The van der Waals surface area contributed by atoms with E-state index >= 15 is 0 Å². The lowest BCUT2D eigenvalue weighted by atomic mass is 9.76. The largest absolute Gasteiger partial charge is 0.481 e. The molecule has 0 saturated heterocycles. The van der Waals surface area contributed by atoms with Crippen molar-refractivity contribution in [3.63, 3.8) is 0 Å². The van der Waals surface area contributed by atoms with Gasteiger partial charge in [0.1, 0.15) is 5.41 Å². The smallest absolute Gasteiger partial charge is 0.308 e. The molecule has 1 N–H and O–H groups in total. The molecule has 1 rings (SSSR count). The minimum Gasteiger partial charge on any atom is -0.481 e. The van der Waals surface area contributed by atoms with E-state index in [0.717, 1.165) is 0 Å². The lowest BCUT2D eigenvalue weighted by Crippen LogP contribution is -2.32. The van der Waals surface area contributed by atoms with Gasteiger partial charge in [0, 0.05) is 0 Å². The van der Waals surface area contributed by atoms with Crippen molar-refractivity contribution >= 4 is 11.9 Å². The average molecular weight is 289 g/mol. The van der Waals surface area contributed by atoms with Crippen LogP contribution in [0.15, 0.2) is 30.3 Å². The van der Waals surface area contributed by atoms with E-state index in [1.807, 2.05) is 13.0 Å². The van der Waals surface area contributed by atoms with Gasteiger partial charge in [0.15, 0.2) is 0 Å². The normalized spacial score (nSPS) is 14.5. The molecule has 0 radical (unpaired) electrons. The van der Waals surface area contributed by atoms with Gasteiger partial charge in [-0.15, -0.1) is 0 Å². The van der Waals surface area contributed by atoms with Gasteiger partial charge in [0.2, 0.25) is 0 Å². The second kappa shape index (κ2) is 7.44. The molecule has 1 aromatic rings. The predicted octanol–water partition coefficient (Wildman–Crippen LogP) is 2.65. The third-order valence-electron chi connectivity index (χ3n) is 3.35. The van der Waals surface area contributed by atoms with Gasteiger partial charge in [-0.05, 0) is 18.9 Å². The van der Waals surface area contributed by atoms with E-state index in [-0.39, 0.29) is 12.5 Å². The molecule has 0 aliphatic rings. The molecule has 0 aliphatic carbocycles. The summed E-state index contributed by atoms with van der Waals surface area (Å²) in [7, 11) is 0. The van der Waals surface area contributed by atoms with Crippen LogP contribution in [0.25, 0.3) is 0 Å². The topological polar surface area (TPSA) is 87.4 Å². The molecule has 21 heavy (non-hydrogen) atoms. The average Bonchev–Trinajstić information content (AvgIpc) is 2.46. The second-order valence-electron chi connectivity index (χ2n) is 5.02. The van der Waals surface area contributed by atoms with Crippen LogP contribution in [-0.2, 0) is 19.7 Å². The molecular weight excluding hydrogens is 270 g/mol. The number of esters is 1. The summed E-state index contributed by atoms with van der Waals surface area (Å²) in [6.45, 7) is 3.63. The zero-order chi connectivity index (χ0) is 15.9. The fraction of sp³-hybridized carbons (Fsp3) is 0.438. The highest BCUT2D eigenvalue weighted by Crippen LogP contribution is 2.32. The van der Waals surface area contributed by atoms with E-state index in [4.69, 9.17) is 9.84 Å². The number of carboxylic acids is 1. The zero-order valence-electron chi connectivity index (χ0n) is 12.2. The summed E-state index contributed by atoms with van der Waals surface area (Å²) in [5.41, 5.74) is -0.895. The summed E-state index contributed by atoms with van der Waals surface area (Å²) in [6.07, 6.45) is -0.308. The van der Waals surface area contributed by atoms with Crippen molar-refractivity contribution in [1.29, 1.82) is 5.26 Å². The Bertz CT molecular complexity index is 535. The SMILES string of the molecule is CCC(C)OC(=O)CC(C#N)(CC(=O)O)c1ccccc1. The summed E-state index contributed by atoms with van der Waals surface area (Å²) in [5.74, 6) is -1.69. The first kappa shape index (κ1) is 16.7.